The summed E-state index contributed by atoms with van der Waals surface area (Å²) in [5.74, 6) is 1.24. The van der Waals surface area contributed by atoms with Crippen molar-refractivity contribution in [1.29, 1.82) is 0 Å². The Bertz CT molecular complexity index is 1080. The van der Waals surface area contributed by atoms with Crippen LogP contribution in [0.25, 0.3) is 11.3 Å². The first kappa shape index (κ1) is 18.0. The van der Waals surface area contributed by atoms with Crippen LogP contribution in [-0.2, 0) is 13.2 Å². The van der Waals surface area contributed by atoms with Crippen LogP contribution in [0.1, 0.15) is 11.1 Å². The van der Waals surface area contributed by atoms with Crippen LogP contribution in [0.4, 0.5) is 5.82 Å². The average molecular weight is 392 g/mol. The number of halogens is 1. The molecule has 0 amide bonds. The van der Waals surface area contributed by atoms with E-state index in [2.05, 4.69) is 15.3 Å². The minimum atomic E-state index is 0.441. The van der Waals surface area contributed by atoms with E-state index < -0.39 is 0 Å². The number of ether oxygens (including phenoxy) is 1. The fourth-order valence-electron chi connectivity index (χ4n) is 2.80. The van der Waals surface area contributed by atoms with E-state index in [1.54, 1.807) is 10.9 Å². The van der Waals surface area contributed by atoms with Crippen molar-refractivity contribution in [3.63, 3.8) is 0 Å². The second kappa shape index (κ2) is 8.10. The van der Waals surface area contributed by atoms with Crippen molar-refractivity contribution in [2.75, 3.05) is 5.73 Å². The molecule has 2 aromatic heterocycles. The van der Waals surface area contributed by atoms with Gasteiger partial charge in [-0.1, -0.05) is 41.1 Å². The minimum Gasteiger partial charge on any atom is -0.489 e. The summed E-state index contributed by atoms with van der Waals surface area (Å²) in [6.07, 6.45) is 3.51. The van der Waals surface area contributed by atoms with Crippen LogP contribution in [0.5, 0.6) is 5.75 Å². The SMILES string of the molecule is Nc1ncccc1-c1cn(Cc2ccc(OCc3cccc(Cl)c3)cc2)nn1. The highest BCUT2D eigenvalue weighted by Crippen LogP contribution is 2.21. The lowest BCUT2D eigenvalue weighted by Crippen LogP contribution is -2.01. The maximum Gasteiger partial charge on any atom is 0.132 e. The van der Waals surface area contributed by atoms with Gasteiger partial charge in [-0.3, -0.25) is 0 Å². The summed E-state index contributed by atoms with van der Waals surface area (Å²) in [5.41, 5.74) is 9.50. The third-order valence-electron chi connectivity index (χ3n) is 4.22. The molecular weight excluding hydrogens is 374 g/mol. The third-order valence-corrected chi connectivity index (χ3v) is 4.45. The van der Waals surface area contributed by atoms with Crippen LogP contribution in [0, 0.1) is 0 Å². The van der Waals surface area contributed by atoms with E-state index in [4.69, 9.17) is 22.1 Å². The Morgan fingerprint density at radius 3 is 2.64 bits per heavy atom. The standard InChI is InChI=1S/C21H18ClN5O/c22-17-4-1-3-16(11-17)14-28-18-8-6-15(7-9-18)12-27-13-20(25-26-27)19-5-2-10-24-21(19)23/h1-11,13H,12,14H2,(H2,23,24). The molecule has 0 aliphatic heterocycles. The molecule has 0 fully saturated rings. The lowest BCUT2D eigenvalue weighted by molar-refractivity contribution is 0.306. The first-order valence-electron chi connectivity index (χ1n) is 8.74. The molecule has 0 unspecified atom stereocenters. The van der Waals surface area contributed by atoms with Gasteiger partial charge in [-0.2, -0.15) is 0 Å². The van der Waals surface area contributed by atoms with Crippen LogP contribution >= 0.6 is 11.6 Å². The van der Waals surface area contributed by atoms with Gasteiger partial charge in [0.25, 0.3) is 0 Å². The van der Waals surface area contributed by atoms with E-state index in [0.29, 0.717) is 29.7 Å². The zero-order valence-corrected chi connectivity index (χ0v) is 15.8. The number of pyridine rings is 1. The Labute approximate surface area is 167 Å². The van der Waals surface area contributed by atoms with Crippen molar-refractivity contribution in [2.24, 2.45) is 0 Å². The summed E-state index contributed by atoms with van der Waals surface area (Å²) in [6, 6.07) is 19.2. The van der Waals surface area contributed by atoms with E-state index >= 15 is 0 Å². The zero-order valence-electron chi connectivity index (χ0n) is 15.0. The van der Waals surface area contributed by atoms with Gasteiger partial charge in [0.15, 0.2) is 0 Å². The zero-order chi connectivity index (χ0) is 19.3. The highest BCUT2D eigenvalue weighted by atomic mass is 35.5. The normalized spacial score (nSPS) is 10.8. The monoisotopic (exact) mass is 391 g/mol. The van der Waals surface area contributed by atoms with Crippen molar-refractivity contribution < 1.29 is 4.74 Å². The average Bonchev–Trinajstić information content (AvgIpc) is 3.16. The highest BCUT2D eigenvalue weighted by Gasteiger charge is 2.08. The Kier molecular flexibility index (Phi) is 5.21. The van der Waals surface area contributed by atoms with Gasteiger partial charge in [0.05, 0.1) is 12.7 Å². The second-order valence-electron chi connectivity index (χ2n) is 6.30. The smallest absolute Gasteiger partial charge is 0.132 e. The topological polar surface area (TPSA) is 78.8 Å². The highest BCUT2D eigenvalue weighted by molar-refractivity contribution is 6.30. The fraction of sp³-hybridized carbons (Fsp3) is 0.0952. The van der Waals surface area contributed by atoms with Crippen LogP contribution in [0.15, 0.2) is 73.1 Å². The van der Waals surface area contributed by atoms with Crippen molar-refractivity contribution >= 4 is 17.4 Å². The molecule has 0 aliphatic carbocycles. The fourth-order valence-corrected chi connectivity index (χ4v) is 3.02. The Balaban J connectivity index is 1.39. The van der Waals surface area contributed by atoms with E-state index in [-0.39, 0.29) is 0 Å². The maximum atomic E-state index is 5.99. The number of nitrogens with zero attached hydrogens (tertiary/aromatic N) is 4. The number of rotatable bonds is 6. The van der Waals surface area contributed by atoms with E-state index in [0.717, 1.165) is 22.4 Å². The van der Waals surface area contributed by atoms with E-state index in [1.165, 1.54) is 0 Å². The third kappa shape index (κ3) is 4.29. The Morgan fingerprint density at radius 2 is 1.86 bits per heavy atom. The van der Waals surface area contributed by atoms with Gasteiger partial charge in [0.2, 0.25) is 0 Å². The van der Waals surface area contributed by atoms with Gasteiger partial charge in [0.1, 0.15) is 23.9 Å². The number of hydrogen-bond donors (Lipinski definition) is 1. The van der Waals surface area contributed by atoms with E-state index in [9.17, 15) is 0 Å². The van der Waals surface area contributed by atoms with Crippen molar-refractivity contribution in [1.82, 2.24) is 20.0 Å². The number of hydrogen-bond acceptors (Lipinski definition) is 5. The number of nitrogens with two attached hydrogens (primary N) is 1. The molecule has 0 aliphatic rings. The molecule has 4 rings (SSSR count). The first-order chi connectivity index (χ1) is 13.7. The molecule has 0 saturated carbocycles. The molecule has 2 aromatic carbocycles. The molecule has 0 bridgehead atoms. The van der Waals surface area contributed by atoms with Crippen LogP contribution in [-0.4, -0.2) is 20.0 Å². The summed E-state index contributed by atoms with van der Waals surface area (Å²) >= 11 is 5.99. The molecule has 2 N–H and O–H groups in total. The van der Waals surface area contributed by atoms with E-state index in [1.807, 2.05) is 66.9 Å². The number of nitrogen functional groups attached to an aromatic ring is 1. The largest absolute Gasteiger partial charge is 0.489 e. The van der Waals surface area contributed by atoms with Crippen LogP contribution < -0.4 is 10.5 Å². The predicted molar refractivity (Wildman–Crippen MR) is 109 cm³/mol. The molecule has 2 heterocycles. The minimum absolute atomic E-state index is 0.441. The van der Waals surface area contributed by atoms with Gasteiger partial charge in [-0.05, 0) is 47.5 Å². The molecule has 4 aromatic rings. The quantitative estimate of drug-likeness (QED) is 0.532. The number of benzene rings is 2. The predicted octanol–water partition coefficient (Wildman–Crippen LogP) is 4.20. The summed E-state index contributed by atoms with van der Waals surface area (Å²) in [7, 11) is 0. The molecule has 6 nitrogen and oxygen atoms in total. The van der Waals surface area contributed by atoms with Crippen LogP contribution in [0.2, 0.25) is 5.02 Å². The summed E-state index contributed by atoms with van der Waals surface area (Å²) < 4.78 is 7.58. The molecule has 0 radical (unpaired) electrons. The molecule has 0 saturated heterocycles. The summed E-state index contributed by atoms with van der Waals surface area (Å²) in [4.78, 5) is 4.08. The van der Waals surface area contributed by atoms with Crippen molar-refractivity contribution in [3.8, 4) is 17.0 Å². The van der Waals surface area contributed by atoms with Gasteiger partial charge >= 0.3 is 0 Å². The van der Waals surface area contributed by atoms with Crippen molar-refractivity contribution in [2.45, 2.75) is 13.2 Å². The van der Waals surface area contributed by atoms with Crippen LogP contribution in [0.3, 0.4) is 0 Å². The summed E-state index contributed by atoms with van der Waals surface area (Å²) in [5, 5.41) is 9.07. The van der Waals surface area contributed by atoms with Gasteiger partial charge in [-0.15, -0.1) is 5.10 Å². The second-order valence-corrected chi connectivity index (χ2v) is 6.74. The summed E-state index contributed by atoms with van der Waals surface area (Å²) in [6.45, 7) is 1.07. The van der Waals surface area contributed by atoms with Crippen molar-refractivity contribution in [3.05, 3.63) is 89.2 Å². The number of anilines is 1. The molecule has 7 heteroatoms. The molecule has 0 atom stereocenters. The van der Waals surface area contributed by atoms with Gasteiger partial charge in [0, 0.05) is 16.8 Å². The lowest BCUT2D eigenvalue weighted by atomic mass is 10.2. The first-order valence-corrected chi connectivity index (χ1v) is 9.12. The molecule has 28 heavy (non-hydrogen) atoms. The van der Waals surface area contributed by atoms with Gasteiger partial charge < -0.3 is 10.5 Å². The molecular formula is C21H18ClN5O. The van der Waals surface area contributed by atoms with Gasteiger partial charge in [-0.25, -0.2) is 9.67 Å². The lowest BCUT2D eigenvalue weighted by Gasteiger charge is -2.08. The molecule has 140 valence electrons. The maximum absolute atomic E-state index is 5.99. The number of aromatic nitrogens is 4. The Morgan fingerprint density at radius 1 is 1.00 bits per heavy atom. The Hall–Kier alpha value is -3.38. The molecule has 0 spiro atoms.